The van der Waals surface area contributed by atoms with E-state index < -0.39 is 0 Å². The van der Waals surface area contributed by atoms with E-state index in [4.69, 9.17) is 0 Å². The van der Waals surface area contributed by atoms with Gasteiger partial charge < -0.3 is 10.2 Å². The molecule has 0 amide bonds. The van der Waals surface area contributed by atoms with Gasteiger partial charge in [0.1, 0.15) is 12.1 Å². The molecule has 0 atom stereocenters. The Morgan fingerprint density at radius 2 is 2.18 bits per heavy atom. The first-order valence-corrected chi connectivity index (χ1v) is 6.45. The average molecular weight is 234 g/mol. The van der Waals surface area contributed by atoms with Crippen LogP contribution in [-0.2, 0) is 12.8 Å². The van der Waals surface area contributed by atoms with Gasteiger partial charge in [0.05, 0.1) is 0 Å². The van der Waals surface area contributed by atoms with Gasteiger partial charge in [0, 0.05) is 30.4 Å². The molecule has 0 spiro atoms. The van der Waals surface area contributed by atoms with Crippen LogP contribution in [0.25, 0.3) is 0 Å². The van der Waals surface area contributed by atoms with Crippen LogP contribution in [0.5, 0.6) is 0 Å². The summed E-state index contributed by atoms with van der Waals surface area (Å²) >= 11 is 0. The van der Waals surface area contributed by atoms with E-state index in [0.717, 1.165) is 31.7 Å². The number of anilines is 1. The molecule has 2 rings (SSSR count). The fourth-order valence-electron chi connectivity index (χ4n) is 2.12. The smallest absolute Gasteiger partial charge is 0.132 e. The predicted molar refractivity (Wildman–Crippen MR) is 70.3 cm³/mol. The van der Waals surface area contributed by atoms with Gasteiger partial charge in [-0.25, -0.2) is 9.97 Å². The van der Waals surface area contributed by atoms with Crippen LogP contribution in [0.3, 0.4) is 0 Å². The van der Waals surface area contributed by atoms with Crippen molar-refractivity contribution in [3.63, 3.8) is 0 Å². The van der Waals surface area contributed by atoms with Crippen molar-refractivity contribution in [1.82, 2.24) is 14.9 Å². The van der Waals surface area contributed by atoms with Crippen LogP contribution in [0.15, 0.2) is 6.33 Å². The number of hydrogen-bond donors (Lipinski definition) is 1. The Kier molecular flexibility index (Phi) is 3.94. The van der Waals surface area contributed by atoms with Crippen molar-refractivity contribution < 1.29 is 0 Å². The highest BCUT2D eigenvalue weighted by molar-refractivity contribution is 5.47. The second-order valence-corrected chi connectivity index (χ2v) is 5.00. The molecule has 0 saturated carbocycles. The van der Waals surface area contributed by atoms with E-state index in [-0.39, 0.29) is 0 Å². The first-order valence-electron chi connectivity index (χ1n) is 6.45. The molecule has 1 aliphatic rings. The summed E-state index contributed by atoms with van der Waals surface area (Å²) in [5.74, 6) is 1.05. The van der Waals surface area contributed by atoms with E-state index in [1.54, 1.807) is 6.33 Å². The van der Waals surface area contributed by atoms with Crippen molar-refractivity contribution in [2.24, 2.45) is 0 Å². The molecule has 4 nitrogen and oxygen atoms in total. The summed E-state index contributed by atoms with van der Waals surface area (Å²) in [7, 11) is 2.15. The Morgan fingerprint density at radius 3 is 2.94 bits per heavy atom. The molecule has 1 N–H and O–H groups in total. The van der Waals surface area contributed by atoms with Gasteiger partial charge in [-0.15, -0.1) is 0 Å². The van der Waals surface area contributed by atoms with Crippen LogP contribution in [0.2, 0.25) is 0 Å². The summed E-state index contributed by atoms with van der Waals surface area (Å²) in [6.07, 6.45) is 5.13. The third-order valence-corrected chi connectivity index (χ3v) is 3.51. The second kappa shape index (κ2) is 5.45. The molecular formula is C13H22N4. The molecule has 94 valence electrons. The minimum Gasteiger partial charge on any atom is -0.368 e. The maximum absolute atomic E-state index is 4.35. The minimum absolute atomic E-state index is 0.591. The Hall–Kier alpha value is -1.16. The van der Waals surface area contributed by atoms with Crippen LogP contribution >= 0.6 is 0 Å². The molecule has 0 fully saturated rings. The molecule has 0 radical (unpaired) electrons. The highest BCUT2D eigenvalue weighted by Crippen LogP contribution is 2.24. The van der Waals surface area contributed by atoms with Crippen LogP contribution in [-0.4, -0.2) is 41.0 Å². The van der Waals surface area contributed by atoms with Crippen molar-refractivity contribution in [1.29, 1.82) is 0 Å². The largest absolute Gasteiger partial charge is 0.368 e. The number of likely N-dealkylation sites (N-methyl/N-ethyl adjacent to an activating group) is 1. The van der Waals surface area contributed by atoms with Gasteiger partial charge in [-0.3, -0.25) is 0 Å². The fourth-order valence-corrected chi connectivity index (χ4v) is 2.12. The predicted octanol–water partition coefficient (Wildman–Crippen LogP) is 1.72. The van der Waals surface area contributed by atoms with E-state index >= 15 is 0 Å². The van der Waals surface area contributed by atoms with Crippen molar-refractivity contribution in [3.05, 3.63) is 17.6 Å². The minimum atomic E-state index is 0.591. The number of aryl methyl sites for hydroxylation is 1. The number of nitrogens with one attached hydrogen (secondary N) is 1. The van der Waals surface area contributed by atoms with Gasteiger partial charge in [-0.1, -0.05) is 0 Å². The van der Waals surface area contributed by atoms with E-state index in [1.807, 2.05) is 0 Å². The number of rotatable bonds is 5. The Bertz CT molecular complexity index is 376. The topological polar surface area (TPSA) is 41.0 Å². The standard InChI is InChI=1S/C13H22N4/c1-10(2)17(3)8-7-14-13-11-5-4-6-12(11)15-9-16-13/h9-10H,4-8H2,1-3H3,(H,14,15,16). The van der Waals surface area contributed by atoms with E-state index in [1.165, 1.54) is 17.7 Å². The molecule has 0 aliphatic heterocycles. The zero-order valence-corrected chi connectivity index (χ0v) is 11.0. The summed E-state index contributed by atoms with van der Waals surface area (Å²) in [6, 6.07) is 0.591. The van der Waals surface area contributed by atoms with Gasteiger partial charge in [-0.05, 0) is 40.2 Å². The number of fused-ring (bicyclic) bond motifs is 1. The summed E-state index contributed by atoms with van der Waals surface area (Å²) in [5.41, 5.74) is 2.57. The first kappa shape index (κ1) is 12.3. The van der Waals surface area contributed by atoms with Gasteiger partial charge >= 0.3 is 0 Å². The van der Waals surface area contributed by atoms with Crippen LogP contribution in [0, 0.1) is 0 Å². The van der Waals surface area contributed by atoms with E-state index in [0.29, 0.717) is 6.04 Å². The van der Waals surface area contributed by atoms with Crippen molar-refractivity contribution in [2.45, 2.75) is 39.2 Å². The molecule has 1 aromatic heterocycles. The highest BCUT2D eigenvalue weighted by atomic mass is 15.1. The molecule has 0 aromatic carbocycles. The summed E-state index contributed by atoms with van der Waals surface area (Å²) in [4.78, 5) is 11.0. The molecule has 0 bridgehead atoms. The lowest BCUT2D eigenvalue weighted by molar-refractivity contribution is 0.284. The zero-order chi connectivity index (χ0) is 12.3. The van der Waals surface area contributed by atoms with Gasteiger partial charge in [0.25, 0.3) is 0 Å². The summed E-state index contributed by atoms with van der Waals surface area (Å²) in [6.45, 7) is 6.40. The Balaban J connectivity index is 1.90. The quantitative estimate of drug-likeness (QED) is 0.842. The lowest BCUT2D eigenvalue weighted by Gasteiger charge is -2.21. The molecule has 0 unspecified atom stereocenters. The maximum atomic E-state index is 4.35. The van der Waals surface area contributed by atoms with Crippen LogP contribution in [0.4, 0.5) is 5.82 Å². The second-order valence-electron chi connectivity index (χ2n) is 5.00. The lowest BCUT2D eigenvalue weighted by atomic mass is 10.2. The highest BCUT2D eigenvalue weighted by Gasteiger charge is 2.16. The van der Waals surface area contributed by atoms with Gasteiger partial charge in [-0.2, -0.15) is 0 Å². The number of nitrogens with zero attached hydrogens (tertiary/aromatic N) is 3. The van der Waals surface area contributed by atoms with E-state index in [2.05, 4.69) is 41.1 Å². The zero-order valence-electron chi connectivity index (χ0n) is 11.0. The van der Waals surface area contributed by atoms with Crippen molar-refractivity contribution in [2.75, 3.05) is 25.5 Å². The molecule has 0 saturated heterocycles. The lowest BCUT2D eigenvalue weighted by Crippen LogP contribution is -2.31. The maximum Gasteiger partial charge on any atom is 0.132 e. The molecular weight excluding hydrogens is 212 g/mol. The van der Waals surface area contributed by atoms with Crippen molar-refractivity contribution in [3.8, 4) is 0 Å². The third kappa shape index (κ3) is 2.94. The third-order valence-electron chi connectivity index (χ3n) is 3.51. The molecule has 4 heteroatoms. The molecule has 17 heavy (non-hydrogen) atoms. The number of hydrogen-bond acceptors (Lipinski definition) is 4. The SMILES string of the molecule is CC(C)N(C)CCNc1ncnc2c1CCC2. The number of aromatic nitrogens is 2. The fraction of sp³-hybridized carbons (Fsp3) is 0.692. The monoisotopic (exact) mass is 234 g/mol. The normalized spacial score (nSPS) is 14.4. The summed E-state index contributed by atoms with van der Waals surface area (Å²) in [5, 5.41) is 3.44. The van der Waals surface area contributed by atoms with Gasteiger partial charge in [0.15, 0.2) is 0 Å². The van der Waals surface area contributed by atoms with Gasteiger partial charge in [0.2, 0.25) is 0 Å². The van der Waals surface area contributed by atoms with Crippen LogP contribution in [0.1, 0.15) is 31.5 Å². The first-order chi connectivity index (χ1) is 8.18. The Labute approximate surface area is 103 Å². The molecule has 1 aromatic rings. The molecule has 1 heterocycles. The Morgan fingerprint density at radius 1 is 1.35 bits per heavy atom. The molecule has 1 aliphatic carbocycles. The van der Waals surface area contributed by atoms with Crippen LogP contribution < -0.4 is 5.32 Å². The average Bonchev–Trinajstić information content (AvgIpc) is 2.77. The van der Waals surface area contributed by atoms with E-state index in [9.17, 15) is 0 Å². The summed E-state index contributed by atoms with van der Waals surface area (Å²) < 4.78 is 0. The van der Waals surface area contributed by atoms with Crippen molar-refractivity contribution >= 4 is 5.82 Å².